The molecule has 2 fully saturated rings. The molecular formula is C46H74O12. The Hall–Kier alpha value is -2.58. The van der Waals surface area contributed by atoms with Crippen molar-refractivity contribution < 1.29 is 58.9 Å². The molecule has 0 amide bonds. The van der Waals surface area contributed by atoms with Crippen LogP contribution in [-0.4, -0.2) is 103 Å². The lowest BCUT2D eigenvalue weighted by Crippen LogP contribution is -2.67. The molecule has 5 N–H and O–H groups in total. The third kappa shape index (κ3) is 11.4. The van der Waals surface area contributed by atoms with Gasteiger partial charge in [0.2, 0.25) is 5.79 Å². The van der Waals surface area contributed by atoms with Crippen molar-refractivity contribution in [2.45, 2.75) is 175 Å². The molecule has 0 aliphatic carbocycles. The molecule has 0 aromatic carbocycles. The van der Waals surface area contributed by atoms with Crippen molar-refractivity contribution in [3.8, 4) is 0 Å². The zero-order chi connectivity index (χ0) is 43.9. The predicted octanol–water partition coefficient (Wildman–Crippen LogP) is 5.45. The van der Waals surface area contributed by atoms with Crippen LogP contribution >= 0.6 is 0 Å². The van der Waals surface area contributed by atoms with Gasteiger partial charge in [-0.05, 0) is 70.1 Å². The summed E-state index contributed by atoms with van der Waals surface area (Å²) in [4.78, 5) is 54.8. The number of carbonyl (C=O) groups is 4. The standard InChI is InChI=1S/C46H74O12/c1-12-33-18-16-14-15-17-26(4)43(53)45(11,55)44(54)32(10)41(52)31(9)40(51)30(8)39(50)25(3)19-22-38(49)56-42-29(7)35(21-20-33)57-46(34(42)13-2)37(48)23-27(5)36(58-46)24-28(6)47/h14-16,18-19,22,25-36,39,41-43,47,50,52-53,55H,12-13,17,20-21,23-24H2,1-11H3/b15-14-,18-16-,22-19+/t25-,26+,27-,28+,29?,30-,31-,32-,33-,34-,35-,36-,39+,41-,42+,43-,45+,46+/m0/s1. The minimum absolute atomic E-state index is 0.132. The van der Waals surface area contributed by atoms with Gasteiger partial charge in [-0.2, -0.15) is 0 Å². The van der Waals surface area contributed by atoms with Gasteiger partial charge in [-0.15, -0.1) is 0 Å². The summed E-state index contributed by atoms with van der Waals surface area (Å²) < 4.78 is 19.7. The van der Waals surface area contributed by atoms with Gasteiger partial charge in [0, 0.05) is 42.1 Å². The topological polar surface area (TPSA) is 197 Å². The summed E-state index contributed by atoms with van der Waals surface area (Å²) in [5.74, 6) is -9.45. The summed E-state index contributed by atoms with van der Waals surface area (Å²) in [6.45, 7) is 18.5. The molecule has 58 heavy (non-hydrogen) atoms. The van der Waals surface area contributed by atoms with Gasteiger partial charge >= 0.3 is 5.97 Å². The number of ether oxygens (including phenoxy) is 3. The first kappa shape index (κ1) is 49.8. The molecule has 12 nitrogen and oxygen atoms in total. The number of hydrogen-bond acceptors (Lipinski definition) is 12. The van der Waals surface area contributed by atoms with E-state index in [1.54, 1.807) is 20.8 Å². The molecule has 3 heterocycles. The van der Waals surface area contributed by atoms with E-state index >= 15 is 0 Å². The first-order chi connectivity index (χ1) is 27.0. The van der Waals surface area contributed by atoms with E-state index in [2.05, 4.69) is 13.0 Å². The summed E-state index contributed by atoms with van der Waals surface area (Å²) in [7, 11) is 0. The smallest absolute Gasteiger partial charge is 0.330 e. The number of fused-ring (bicyclic) bond motifs is 2. The van der Waals surface area contributed by atoms with E-state index in [0.717, 1.165) is 6.42 Å². The van der Waals surface area contributed by atoms with Gasteiger partial charge in [0.15, 0.2) is 11.6 Å². The van der Waals surface area contributed by atoms with Crippen LogP contribution in [0.15, 0.2) is 36.5 Å². The highest BCUT2D eigenvalue weighted by Crippen LogP contribution is 2.48. The molecule has 0 saturated carbocycles. The summed E-state index contributed by atoms with van der Waals surface area (Å²) in [5.41, 5.74) is -2.21. The Balaban J connectivity index is 2.05. The second-order valence-electron chi connectivity index (χ2n) is 18.1. The molecule has 0 aromatic heterocycles. The van der Waals surface area contributed by atoms with Gasteiger partial charge in [-0.3, -0.25) is 14.4 Å². The lowest BCUT2D eigenvalue weighted by molar-refractivity contribution is -0.347. The minimum atomic E-state index is -2.21. The average molecular weight is 819 g/mol. The predicted molar refractivity (Wildman–Crippen MR) is 220 cm³/mol. The number of hydrogen-bond donors (Lipinski definition) is 5. The maximum atomic E-state index is 14.1. The monoisotopic (exact) mass is 819 g/mol. The number of esters is 1. The minimum Gasteiger partial charge on any atom is -0.458 e. The van der Waals surface area contributed by atoms with Gasteiger partial charge < -0.3 is 39.7 Å². The number of ketones is 3. The molecule has 2 saturated heterocycles. The molecular weight excluding hydrogens is 744 g/mol. The molecule has 0 radical (unpaired) electrons. The quantitative estimate of drug-likeness (QED) is 0.225. The van der Waals surface area contributed by atoms with Crippen molar-refractivity contribution >= 4 is 23.3 Å². The summed E-state index contributed by atoms with van der Waals surface area (Å²) in [5, 5.41) is 55.1. The highest BCUT2D eigenvalue weighted by atomic mass is 16.7. The van der Waals surface area contributed by atoms with Crippen molar-refractivity contribution in [1.82, 2.24) is 0 Å². The van der Waals surface area contributed by atoms with Crippen molar-refractivity contribution in [2.75, 3.05) is 0 Å². The molecule has 3 aliphatic rings. The van der Waals surface area contributed by atoms with E-state index in [1.165, 1.54) is 39.8 Å². The van der Waals surface area contributed by atoms with Gasteiger partial charge in [0.05, 0.1) is 42.5 Å². The largest absolute Gasteiger partial charge is 0.458 e. The van der Waals surface area contributed by atoms with E-state index < -0.39 is 107 Å². The first-order valence-corrected chi connectivity index (χ1v) is 21.7. The molecule has 3 rings (SSSR count). The van der Waals surface area contributed by atoms with Crippen molar-refractivity contribution in [3.05, 3.63) is 36.5 Å². The van der Waals surface area contributed by atoms with Crippen LogP contribution in [0, 0.1) is 53.3 Å². The Morgan fingerprint density at radius 1 is 0.828 bits per heavy atom. The maximum Gasteiger partial charge on any atom is 0.330 e. The van der Waals surface area contributed by atoms with Crippen LogP contribution in [0.1, 0.15) is 121 Å². The summed E-state index contributed by atoms with van der Waals surface area (Å²) in [6, 6.07) is 0. The lowest BCUT2D eigenvalue weighted by atomic mass is 9.72. The van der Waals surface area contributed by atoms with Crippen molar-refractivity contribution in [3.63, 3.8) is 0 Å². The van der Waals surface area contributed by atoms with Crippen LogP contribution in [0.3, 0.4) is 0 Å². The van der Waals surface area contributed by atoms with Crippen molar-refractivity contribution in [1.29, 1.82) is 0 Å². The normalized spacial score (nSPS) is 45.6. The van der Waals surface area contributed by atoms with Crippen LogP contribution in [0.4, 0.5) is 0 Å². The number of allylic oxidation sites excluding steroid dienone is 4. The summed E-state index contributed by atoms with van der Waals surface area (Å²) >= 11 is 0. The van der Waals surface area contributed by atoms with Crippen LogP contribution in [-0.2, 0) is 33.4 Å². The van der Waals surface area contributed by atoms with Crippen LogP contribution in [0.2, 0.25) is 0 Å². The number of aliphatic hydroxyl groups is 5. The molecule has 0 aromatic rings. The fraction of sp³-hybridized carbons (Fsp3) is 0.783. The Morgan fingerprint density at radius 3 is 2.07 bits per heavy atom. The van der Waals surface area contributed by atoms with E-state index in [4.69, 9.17) is 14.2 Å². The van der Waals surface area contributed by atoms with E-state index in [9.17, 15) is 44.7 Å². The maximum absolute atomic E-state index is 14.1. The van der Waals surface area contributed by atoms with E-state index in [1.807, 2.05) is 39.0 Å². The lowest BCUT2D eigenvalue weighted by Gasteiger charge is -2.54. The second kappa shape index (κ2) is 21.3. The third-order valence-corrected chi connectivity index (χ3v) is 13.5. The fourth-order valence-corrected chi connectivity index (χ4v) is 9.21. The van der Waals surface area contributed by atoms with Gasteiger partial charge in [-0.1, -0.05) is 92.7 Å². The molecule has 18 atom stereocenters. The van der Waals surface area contributed by atoms with Gasteiger partial charge in [-0.25, -0.2) is 4.79 Å². The Kier molecular flexibility index (Phi) is 18.3. The van der Waals surface area contributed by atoms with E-state index in [-0.39, 0.29) is 30.0 Å². The summed E-state index contributed by atoms with van der Waals surface area (Å²) in [6.07, 6.45) is 7.01. The van der Waals surface area contributed by atoms with E-state index in [0.29, 0.717) is 32.1 Å². The number of carbonyl (C=O) groups excluding carboxylic acids is 4. The zero-order valence-corrected chi connectivity index (χ0v) is 36.7. The molecule has 12 heteroatoms. The SMILES string of the molecule is CC[C@H]1/C=C\C=C/C[C@@H](C)[C@H](O)[C@@](C)(O)C(=O)[C@@H](C)[C@@H](O)[C@@H](C)C(=O)[C@@H](C)[C@H](O)[C@@H](C)/C=C/C(=O)O[C@@H]2C(C)[C@H](CC1)O[C@@]1(O[C@@H](C[C@@H](C)O)[C@@H](C)CC1=O)[C@H]2CC. The van der Waals surface area contributed by atoms with Crippen LogP contribution < -0.4 is 0 Å². The first-order valence-electron chi connectivity index (χ1n) is 21.7. The zero-order valence-electron chi connectivity index (χ0n) is 36.7. The molecule has 2 bridgehead atoms. The number of rotatable bonds is 4. The van der Waals surface area contributed by atoms with Gasteiger partial charge in [0.25, 0.3) is 0 Å². The third-order valence-electron chi connectivity index (χ3n) is 13.5. The highest BCUT2D eigenvalue weighted by Gasteiger charge is 2.61. The highest BCUT2D eigenvalue weighted by molar-refractivity contribution is 5.91. The second-order valence-corrected chi connectivity index (χ2v) is 18.1. The average Bonchev–Trinajstić information content (AvgIpc) is 3.18. The van der Waals surface area contributed by atoms with Crippen molar-refractivity contribution in [2.24, 2.45) is 53.3 Å². The Morgan fingerprint density at radius 2 is 1.47 bits per heavy atom. The molecule has 330 valence electrons. The fourth-order valence-electron chi connectivity index (χ4n) is 9.21. The van der Waals surface area contributed by atoms with Gasteiger partial charge in [0.1, 0.15) is 17.5 Å². The Bertz CT molecular complexity index is 1480. The number of aliphatic hydroxyl groups excluding tert-OH is 4. The molecule has 1 spiro atoms. The molecule has 1 unspecified atom stereocenters. The Labute approximate surface area is 346 Å². The van der Waals surface area contributed by atoms with Crippen LogP contribution in [0.25, 0.3) is 0 Å². The molecule has 3 aliphatic heterocycles. The van der Waals surface area contributed by atoms with Crippen LogP contribution in [0.5, 0.6) is 0 Å². The number of Topliss-reactive ketones (excluding diaryl/α,β-unsaturated/α-hetero) is 3.